The number of anilines is 2. The second-order valence-corrected chi connectivity index (χ2v) is 10.5. The number of benzene rings is 3. The molecule has 6 nitrogen and oxygen atoms in total. The Balaban J connectivity index is 1.64. The van der Waals surface area contributed by atoms with Crippen molar-refractivity contribution in [2.24, 2.45) is 0 Å². The molecule has 1 amide bonds. The number of hydrogen-bond acceptors (Lipinski definition) is 5. The number of carbonyl (C=O) groups is 2. The summed E-state index contributed by atoms with van der Waals surface area (Å²) in [5.74, 6) is -0.362. The highest BCUT2D eigenvalue weighted by atomic mass is 16.5. The van der Waals surface area contributed by atoms with Gasteiger partial charge < -0.3 is 14.7 Å². The first kappa shape index (κ1) is 26.5. The van der Waals surface area contributed by atoms with Crippen LogP contribution in [0.15, 0.2) is 72.3 Å². The van der Waals surface area contributed by atoms with E-state index in [9.17, 15) is 14.7 Å². The largest absolute Gasteiger partial charge is 0.507 e. The minimum absolute atomic E-state index is 0.0974. The van der Waals surface area contributed by atoms with Crippen LogP contribution in [0.2, 0.25) is 0 Å². The number of carbonyl (C=O) groups excluding carboxylic acids is 2. The number of nitrogens with zero attached hydrogens (tertiary/aromatic N) is 2. The smallest absolute Gasteiger partial charge is 0.300 e. The molecule has 6 heteroatoms. The lowest BCUT2D eigenvalue weighted by Crippen LogP contribution is -2.29. The Kier molecular flexibility index (Phi) is 7.47. The van der Waals surface area contributed by atoms with Crippen molar-refractivity contribution in [1.29, 1.82) is 0 Å². The van der Waals surface area contributed by atoms with Crippen molar-refractivity contribution in [3.8, 4) is 5.75 Å². The number of fused-ring (bicyclic) bond motifs is 1. The van der Waals surface area contributed by atoms with Gasteiger partial charge in [0.1, 0.15) is 11.5 Å². The molecule has 0 spiro atoms. The molecular weight excluding hydrogens is 488 g/mol. The van der Waals surface area contributed by atoms with E-state index in [1.165, 1.54) is 4.90 Å². The predicted octanol–water partition coefficient (Wildman–Crippen LogP) is 6.61. The summed E-state index contributed by atoms with van der Waals surface area (Å²) in [6, 6.07) is 20.4. The van der Waals surface area contributed by atoms with Crippen molar-refractivity contribution in [2.75, 3.05) is 29.5 Å². The summed E-state index contributed by atoms with van der Waals surface area (Å²) in [6.07, 6.45) is 1.73. The van der Waals surface area contributed by atoms with Crippen molar-refractivity contribution in [1.82, 2.24) is 0 Å². The molecule has 1 fully saturated rings. The monoisotopic (exact) mass is 524 g/mol. The van der Waals surface area contributed by atoms with Crippen LogP contribution in [0.4, 0.5) is 11.4 Å². The van der Waals surface area contributed by atoms with Crippen LogP contribution in [0.1, 0.15) is 68.3 Å². The van der Waals surface area contributed by atoms with Crippen LogP contribution in [0.5, 0.6) is 5.75 Å². The van der Waals surface area contributed by atoms with Gasteiger partial charge in [0.2, 0.25) is 0 Å². The highest BCUT2D eigenvalue weighted by molar-refractivity contribution is 6.51. The highest BCUT2D eigenvalue weighted by Crippen LogP contribution is 2.43. The molecule has 0 aromatic heterocycles. The summed E-state index contributed by atoms with van der Waals surface area (Å²) in [5.41, 5.74) is 5.20. The van der Waals surface area contributed by atoms with Gasteiger partial charge in [0, 0.05) is 30.0 Å². The second-order valence-electron chi connectivity index (χ2n) is 10.5. The molecule has 2 heterocycles. The lowest BCUT2D eigenvalue weighted by molar-refractivity contribution is -0.132. The fourth-order valence-corrected chi connectivity index (χ4v) is 5.55. The maximum absolute atomic E-state index is 13.6. The van der Waals surface area contributed by atoms with Crippen LogP contribution < -0.4 is 14.5 Å². The number of ketones is 1. The third-order valence-corrected chi connectivity index (χ3v) is 7.80. The van der Waals surface area contributed by atoms with Crippen LogP contribution in [0.25, 0.3) is 5.76 Å². The first-order chi connectivity index (χ1) is 18.8. The van der Waals surface area contributed by atoms with Gasteiger partial charge in [-0.2, -0.15) is 0 Å². The molecule has 1 atom stereocenters. The van der Waals surface area contributed by atoms with Gasteiger partial charge in [0.25, 0.3) is 11.7 Å². The van der Waals surface area contributed by atoms with Gasteiger partial charge >= 0.3 is 0 Å². The average molecular weight is 525 g/mol. The molecule has 0 radical (unpaired) electrons. The summed E-state index contributed by atoms with van der Waals surface area (Å²) >= 11 is 0. The van der Waals surface area contributed by atoms with Gasteiger partial charge in [-0.15, -0.1) is 0 Å². The van der Waals surface area contributed by atoms with E-state index in [1.54, 1.807) is 6.07 Å². The molecule has 3 aromatic carbocycles. The molecule has 39 heavy (non-hydrogen) atoms. The average Bonchev–Trinajstić information content (AvgIpc) is 3.23. The molecule has 2 aliphatic rings. The summed E-state index contributed by atoms with van der Waals surface area (Å²) in [6.45, 7) is 10.9. The fourth-order valence-electron chi connectivity index (χ4n) is 5.55. The van der Waals surface area contributed by atoms with Crippen molar-refractivity contribution >= 4 is 28.8 Å². The third kappa shape index (κ3) is 4.91. The maximum atomic E-state index is 13.6. The summed E-state index contributed by atoms with van der Waals surface area (Å²) in [4.78, 5) is 30.9. The number of aryl methyl sites for hydroxylation is 1. The number of aliphatic hydroxyl groups excluding tert-OH is 1. The van der Waals surface area contributed by atoms with Crippen LogP contribution in [0.3, 0.4) is 0 Å². The number of ether oxygens (including phenoxy) is 1. The zero-order valence-electron chi connectivity index (χ0n) is 23.1. The topological polar surface area (TPSA) is 70.1 Å². The number of amides is 1. The Morgan fingerprint density at radius 3 is 2.33 bits per heavy atom. The predicted molar refractivity (Wildman–Crippen MR) is 156 cm³/mol. The van der Waals surface area contributed by atoms with E-state index < -0.39 is 17.7 Å². The first-order valence-electron chi connectivity index (χ1n) is 13.9. The summed E-state index contributed by atoms with van der Waals surface area (Å²) in [5, 5.41) is 11.6. The van der Waals surface area contributed by atoms with Gasteiger partial charge in [-0.1, -0.05) is 38.1 Å². The lowest BCUT2D eigenvalue weighted by Gasteiger charge is -2.27. The Bertz CT molecular complexity index is 1400. The van der Waals surface area contributed by atoms with Gasteiger partial charge in [-0.3, -0.25) is 14.5 Å². The molecule has 2 aliphatic heterocycles. The van der Waals surface area contributed by atoms with Crippen molar-refractivity contribution < 1.29 is 19.4 Å². The van der Waals surface area contributed by atoms with Crippen molar-refractivity contribution in [3.63, 3.8) is 0 Å². The minimum Gasteiger partial charge on any atom is -0.507 e. The van der Waals surface area contributed by atoms with Gasteiger partial charge in [-0.05, 0) is 91.8 Å². The molecule has 3 aromatic rings. The van der Waals surface area contributed by atoms with E-state index in [0.717, 1.165) is 54.1 Å². The zero-order valence-corrected chi connectivity index (χ0v) is 23.1. The first-order valence-corrected chi connectivity index (χ1v) is 13.9. The van der Waals surface area contributed by atoms with Crippen molar-refractivity contribution in [3.05, 3.63) is 94.6 Å². The van der Waals surface area contributed by atoms with Crippen molar-refractivity contribution in [2.45, 2.75) is 52.5 Å². The molecular formula is C33H36N2O4. The number of rotatable bonds is 7. The van der Waals surface area contributed by atoms with E-state index in [1.807, 2.05) is 60.7 Å². The quantitative estimate of drug-likeness (QED) is 0.214. The Morgan fingerprint density at radius 1 is 1.00 bits per heavy atom. The van der Waals surface area contributed by atoms with E-state index in [2.05, 4.69) is 32.6 Å². The van der Waals surface area contributed by atoms with E-state index in [-0.39, 0.29) is 11.3 Å². The summed E-state index contributed by atoms with van der Waals surface area (Å²) < 4.78 is 5.73. The normalized spacial score (nSPS) is 18.3. The van der Waals surface area contributed by atoms with Crippen LogP contribution >= 0.6 is 0 Å². The standard InChI is InChI=1S/C33H36N2O4/c1-5-34(6-2)26-14-11-23(12-15-26)30-29(31(36)25-13-18-28-24(20-25)8-7-19-39-28)32(37)33(38)35(30)27-16-9-22(10-17-27)21(3)4/h9-18,20-21,30,36H,5-8,19H2,1-4H3/b31-29-. The van der Waals surface area contributed by atoms with Gasteiger partial charge in [0.15, 0.2) is 0 Å². The molecule has 202 valence electrons. The molecule has 0 saturated carbocycles. The highest BCUT2D eigenvalue weighted by Gasteiger charge is 2.47. The Labute approximate surface area is 230 Å². The Hall–Kier alpha value is -4.06. The Morgan fingerprint density at radius 2 is 1.69 bits per heavy atom. The lowest BCUT2D eigenvalue weighted by atomic mass is 9.93. The van der Waals surface area contributed by atoms with E-state index in [4.69, 9.17) is 4.74 Å². The second kappa shape index (κ2) is 11.0. The molecule has 1 N–H and O–H groups in total. The molecule has 0 bridgehead atoms. The molecule has 1 unspecified atom stereocenters. The van der Waals surface area contributed by atoms with Crippen LogP contribution in [0, 0.1) is 0 Å². The zero-order chi connectivity index (χ0) is 27.7. The van der Waals surface area contributed by atoms with Gasteiger partial charge in [0.05, 0.1) is 18.2 Å². The molecule has 5 rings (SSSR count). The summed E-state index contributed by atoms with van der Waals surface area (Å²) in [7, 11) is 0. The third-order valence-electron chi connectivity index (χ3n) is 7.80. The SMILES string of the molecule is CCN(CC)c1ccc(C2/C(=C(/O)c3ccc4c(c3)CCCO4)C(=O)C(=O)N2c2ccc(C(C)C)cc2)cc1. The number of aliphatic hydroxyl groups is 1. The van der Waals surface area contributed by atoms with Gasteiger partial charge in [-0.25, -0.2) is 0 Å². The maximum Gasteiger partial charge on any atom is 0.300 e. The number of hydrogen-bond donors (Lipinski definition) is 1. The van der Waals surface area contributed by atoms with E-state index in [0.29, 0.717) is 23.8 Å². The van der Waals surface area contributed by atoms with E-state index >= 15 is 0 Å². The molecule has 0 aliphatic carbocycles. The number of Topliss-reactive ketones (excluding diaryl/α,β-unsaturated/α-hetero) is 1. The fraction of sp³-hybridized carbons (Fsp3) is 0.333. The minimum atomic E-state index is -0.757. The van der Waals surface area contributed by atoms with Crippen LogP contribution in [-0.2, 0) is 16.0 Å². The van der Waals surface area contributed by atoms with Crippen LogP contribution in [-0.4, -0.2) is 36.5 Å². The molecule has 1 saturated heterocycles.